The standard InChI is InChI=1S/C15H23NS/c1-2-3-4-5-6-9-13(16)15-11-12-8-7-10-14(12)17-15/h2,11,13H,1,3-10,16H2. The predicted octanol–water partition coefficient (Wildman–Crippen LogP) is 4.37. The molecule has 1 aromatic rings. The third kappa shape index (κ3) is 3.43. The highest BCUT2D eigenvalue weighted by Crippen LogP contribution is 2.34. The summed E-state index contributed by atoms with van der Waals surface area (Å²) in [5, 5.41) is 0. The van der Waals surface area contributed by atoms with Crippen LogP contribution in [-0.2, 0) is 12.8 Å². The van der Waals surface area contributed by atoms with Gasteiger partial charge in [0.2, 0.25) is 0 Å². The third-order valence-corrected chi connectivity index (χ3v) is 4.92. The van der Waals surface area contributed by atoms with Gasteiger partial charge in [0.05, 0.1) is 0 Å². The maximum absolute atomic E-state index is 6.26. The van der Waals surface area contributed by atoms with Gasteiger partial charge in [-0.15, -0.1) is 17.9 Å². The van der Waals surface area contributed by atoms with Crippen LogP contribution in [0, 0.1) is 0 Å². The van der Waals surface area contributed by atoms with Crippen molar-refractivity contribution in [1.82, 2.24) is 0 Å². The fraction of sp³-hybridized carbons (Fsp3) is 0.600. The normalized spacial score (nSPS) is 15.8. The van der Waals surface area contributed by atoms with Crippen molar-refractivity contribution in [2.45, 2.75) is 57.4 Å². The molecule has 1 unspecified atom stereocenters. The van der Waals surface area contributed by atoms with Crippen LogP contribution in [-0.4, -0.2) is 0 Å². The van der Waals surface area contributed by atoms with Gasteiger partial charge in [0.1, 0.15) is 0 Å². The van der Waals surface area contributed by atoms with Gasteiger partial charge in [0, 0.05) is 15.8 Å². The van der Waals surface area contributed by atoms with Gasteiger partial charge in [-0.3, -0.25) is 0 Å². The number of hydrogen-bond donors (Lipinski definition) is 1. The predicted molar refractivity (Wildman–Crippen MR) is 76.6 cm³/mol. The molecule has 1 aliphatic rings. The molecule has 0 saturated carbocycles. The summed E-state index contributed by atoms with van der Waals surface area (Å²) in [5.74, 6) is 0. The summed E-state index contributed by atoms with van der Waals surface area (Å²) in [6.07, 6.45) is 12.0. The molecule has 0 amide bonds. The molecule has 0 spiro atoms. The summed E-state index contributed by atoms with van der Waals surface area (Å²) < 4.78 is 0. The third-order valence-electron chi connectivity index (χ3n) is 3.55. The lowest BCUT2D eigenvalue weighted by atomic mass is 10.1. The molecule has 0 radical (unpaired) electrons. The molecule has 0 aromatic carbocycles. The van der Waals surface area contributed by atoms with E-state index in [9.17, 15) is 0 Å². The van der Waals surface area contributed by atoms with Crippen LogP contribution < -0.4 is 5.73 Å². The second kappa shape index (κ2) is 6.36. The van der Waals surface area contributed by atoms with E-state index in [4.69, 9.17) is 5.73 Å². The van der Waals surface area contributed by atoms with Crippen molar-refractivity contribution in [3.63, 3.8) is 0 Å². The Morgan fingerprint density at radius 3 is 3.00 bits per heavy atom. The van der Waals surface area contributed by atoms with Gasteiger partial charge in [0.25, 0.3) is 0 Å². The summed E-state index contributed by atoms with van der Waals surface area (Å²) in [7, 11) is 0. The lowest BCUT2D eigenvalue weighted by Gasteiger charge is -2.09. The van der Waals surface area contributed by atoms with Gasteiger partial charge in [-0.05, 0) is 50.2 Å². The van der Waals surface area contributed by atoms with Crippen LogP contribution in [0.2, 0.25) is 0 Å². The average Bonchev–Trinajstić information content (AvgIpc) is 2.88. The monoisotopic (exact) mass is 249 g/mol. The van der Waals surface area contributed by atoms with Gasteiger partial charge in [-0.25, -0.2) is 0 Å². The van der Waals surface area contributed by atoms with Crippen molar-refractivity contribution < 1.29 is 0 Å². The van der Waals surface area contributed by atoms with Crippen LogP contribution in [0.4, 0.5) is 0 Å². The molecule has 94 valence electrons. The highest BCUT2D eigenvalue weighted by atomic mass is 32.1. The van der Waals surface area contributed by atoms with E-state index in [0.717, 1.165) is 12.8 Å². The van der Waals surface area contributed by atoms with Crippen LogP contribution in [0.3, 0.4) is 0 Å². The Balaban J connectivity index is 1.75. The highest BCUT2D eigenvalue weighted by Gasteiger charge is 2.17. The molecule has 0 bridgehead atoms. The summed E-state index contributed by atoms with van der Waals surface area (Å²) in [6, 6.07) is 2.64. The first kappa shape index (κ1) is 12.8. The quantitative estimate of drug-likeness (QED) is 0.563. The molecular weight excluding hydrogens is 226 g/mol. The van der Waals surface area contributed by atoms with E-state index in [1.807, 2.05) is 17.4 Å². The van der Waals surface area contributed by atoms with E-state index < -0.39 is 0 Å². The largest absolute Gasteiger partial charge is 0.323 e. The lowest BCUT2D eigenvalue weighted by Crippen LogP contribution is -2.08. The minimum Gasteiger partial charge on any atom is -0.323 e. The SMILES string of the molecule is C=CCCCCCC(N)c1cc2c(s1)CCC2. The highest BCUT2D eigenvalue weighted by molar-refractivity contribution is 7.12. The number of rotatable bonds is 7. The van der Waals surface area contributed by atoms with Crippen LogP contribution in [0.15, 0.2) is 18.7 Å². The second-order valence-corrected chi connectivity index (χ2v) is 6.15. The smallest absolute Gasteiger partial charge is 0.0389 e. The van der Waals surface area contributed by atoms with Crippen LogP contribution >= 0.6 is 11.3 Å². The Morgan fingerprint density at radius 1 is 1.35 bits per heavy atom. The molecule has 0 aliphatic heterocycles. The van der Waals surface area contributed by atoms with E-state index in [1.54, 1.807) is 10.4 Å². The second-order valence-electron chi connectivity index (χ2n) is 4.98. The first-order valence-electron chi connectivity index (χ1n) is 6.79. The number of nitrogens with two attached hydrogens (primary N) is 1. The van der Waals surface area contributed by atoms with Crippen molar-refractivity contribution >= 4 is 11.3 Å². The maximum atomic E-state index is 6.26. The van der Waals surface area contributed by atoms with Crippen molar-refractivity contribution in [3.05, 3.63) is 34.0 Å². The minimum atomic E-state index is 0.273. The van der Waals surface area contributed by atoms with Crippen molar-refractivity contribution in [2.75, 3.05) is 0 Å². The maximum Gasteiger partial charge on any atom is 0.0389 e. The van der Waals surface area contributed by atoms with Crippen molar-refractivity contribution in [2.24, 2.45) is 5.73 Å². The molecule has 1 heterocycles. The Kier molecular flexibility index (Phi) is 4.81. The van der Waals surface area contributed by atoms with E-state index in [2.05, 4.69) is 12.6 Å². The van der Waals surface area contributed by atoms with Gasteiger partial charge in [0.15, 0.2) is 0 Å². The van der Waals surface area contributed by atoms with E-state index in [0.29, 0.717) is 0 Å². The van der Waals surface area contributed by atoms with Crippen LogP contribution in [0.25, 0.3) is 0 Å². The molecule has 1 nitrogen and oxygen atoms in total. The van der Waals surface area contributed by atoms with Gasteiger partial charge >= 0.3 is 0 Å². The molecule has 2 N–H and O–H groups in total. The molecule has 0 fully saturated rings. The molecule has 2 heteroatoms. The Morgan fingerprint density at radius 2 is 2.24 bits per heavy atom. The zero-order chi connectivity index (χ0) is 12.1. The Bertz CT molecular complexity index is 345. The number of thiophene rings is 1. The number of aryl methyl sites for hydroxylation is 2. The number of hydrogen-bond acceptors (Lipinski definition) is 2. The summed E-state index contributed by atoms with van der Waals surface area (Å²) >= 11 is 1.96. The van der Waals surface area contributed by atoms with E-state index in [-0.39, 0.29) is 6.04 Å². The molecule has 1 aromatic heterocycles. The first-order chi connectivity index (χ1) is 8.31. The summed E-state index contributed by atoms with van der Waals surface area (Å²) in [6.45, 7) is 3.75. The Hall–Kier alpha value is -0.600. The molecule has 0 saturated heterocycles. The Labute approximate surface area is 109 Å². The molecule has 17 heavy (non-hydrogen) atoms. The topological polar surface area (TPSA) is 26.0 Å². The number of allylic oxidation sites excluding steroid dienone is 1. The lowest BCUT2D eigenvalue weighted by molar-refractivity contribution is 0.578. The van der Waals surface area contributed by atoms with E-state index >= 15 is 0 Å². The molecule has 1 atom stereocenters. The van der Waals surface area contributed by atoms with Crippen molar-refractivity contribution in [3.8, 4) is 0 Å². The molecular formula is C15H23NS. The van der Waals surface area contributed by atoms with E-state index in [1.165, 1.54) is 43.4 Å². The minimum absolute atomic E-state index is 0.273. The van der Waals surface area contributed by atoms with Crippen LogP contribution in [0.5, 0.6) is 0 Å². The van der Waals surface area contributed by atoms with Gasteiger partial charge in [-0.1, -0.05) is 18.9 Å². The zero-order valence-electron chi connectivity index (χ0n) is 10.6. The summed E-state index contributed by atoms with van der Waals surface area (Å²) in [5.41, 5.74) is 7.84. The average molecular weight is 249 g/mol. The molecule has 2 rings (SSSR count). The van der Waals surface area contributed by atoms with Gasteiger partial charge in [-0.2, -0.15) is 0 Å². The van der Waals surface area contributed by atoms with Crippen molar-refractivity contribution in [1.29, 1.82) is 0 Å². The fourth-order valence-corrected chi connectivity index (χ4v) is 3.80. The first-order valence-corrected chi connectivity index (χ1v) is 7.61. The number of fused-ring (bicyclic) bond motifs is 1. The zero-order valence-corrected chi connectivity index (χ0v) is 11.4. The summed E-state index contributed by atoms with van der Waals surface area (Å²) in [4.78, 5) is 3.01. The van der Waals surface area contributed by atoms with Gasteiger partial charge < -0.3 is 5.73 Å². The molecule has 1 aliphatic carbocycles. The fourth-order valence-electron chi connectivity index (χ4n) is 2.51. The van der Waals surface area contributed by atoms with Crippen LogP contribution in [0.1, 0.15) is 59.9 Å². The number of unbranched alkanes of at least 4 members (excludes halogenated alkanes) is 3.